The lowest BCUT2D eigenvalue weighted by atomic mass is 10.0. The fraction of sp³-hybridized carbons (Fsp3) is 0.261. The van der Waals surface area contributed by atoms with Crippen LogP contribution >= 0.6 is 0 Å². The van der Waals surface area contributed by atoms with Crippen molar-refractivity contribution in [2.24, 2.45) is 5.92 Å². The molecule has 3 aromatic rings. The van der Waals surface area contributed by atoms with Gasteiger partial charge >= 0.3 is 6.09 Å². The third kappa shape index (κ3) is 4.21. The lowest BCUT2D eigenvalue weighted by molar-refractivity contribution is 0.146. The van der Waals surface area contributed by atoms with E-state index < -0.39 is 6.09 Å². The Labute approximate surface area is 169 Å². The zero-order valence-electron chi connectivity index (χ0n) is 16.4. The summed E-state index contributed by atoms with van der Waals surface area (Å²) < 4.78 is 5.45. The molecule has 0 radical (unpaired) electrons. The highest BCUT2D eigenvalue weighted by Gasteiger charge is 2.25. The molecule has 1 aliphatic rings. The lowest BCUT2D eigenvalue weighted by Gasteiger charge is -2.31. The van der Waals surface area contributed by atoms with Crippen LogP contribution in [0.5, 0.6) is 0 Å². The molecule has 1 aromatic heterocycles. The minimum absolute atomic E-state index is 0.103. The smallest absolute Gasteiger partial charge is 0.411 e. The summed E-state index contributed by atoms with van der Waals surface area (Å²) in [7, 11) is 0. The van der Waals surface area contributed by atoms with E-state index in [9.17, 15) is 4.79 Å². The minimum Gasteiger partial charge on any atom is -0.465 e. The van der Waals surface area contributed by atoms with E-state index in [-0.39, 0.29) is 6.04 Å². The molecule has 1 atom stereocenters. The summed E-state index contributed by atoms with van der Waals surface area (Å²) in [5, 5.41) is 13.2. The zero-order valence-corrected chi connectivity index (χ0v) is 16.4. The largest absolute Gasteiger partial charge is 0.465 e. The van der Waals surface area contributed by atoms with Gasteiger partial charge in [-0.3, -0.25) is 4.90 Å². The first-order valence-electron chi connectivity index (χ1n) is 9.71. The Morgan fingerprint density at radius 3 is 2.31 bits per heavy atom. The second-order valence-electron chi connectivity index (χ2n) is 7.72. The maximum atomic E-state index is 11.1. The number of rotatable bonds is 6. The molecule has 0 fully saturated rings. The van der Waals surface area contributed by atoms with Crippen LogP contribution in [-0.4, -0.2) is 32.3 Å². The van der Waals surface area contributed by atoms with Gasteiger partial charge < -0.3 is 9.63 Å². The van der Waals surface area contributed by atoms with Gasteiger partial charge in [0.15, 0.2) is 0 Å². The fourth-order valence-corrected chi connectivity index (χ4v) is 3.41. The highest BCUT2D eigenvalue weighted by Crippen LogP contribution is 2.24. The van der Waals surface area contributed by atoms with Crippen molar-refractivity contribution in [3.63, 3.8) is 0 Å². The molecule has 1 unspecified atom stereocenters. The molecule has 0 saturated heterocycles. The molecule has 6 nitrogen and oxygen atoms in total. The number of amides is 1. The van der Waals surface area contributed by atoms with Crippen molar-refractivity contribution >= 4 is 6.09 Å². The lowest BCUT2D eigenvalue weighted by Crippen LogP contribution is -2.41. The predicted molar refractivity (Wildman–Crippen MR) is 110 cm³/mol. The van der Waals surface area contributed by atoms with Gasteiger partial charge in [0.2, 0.25) is 5.82 Å². The standard InChI is InChI=1S/C23H23N3O3/c1-15(2)13-16-5-9-19(10-6-16)22-24-21(25-29-22)18-7-3-17(4-8-18)14-20-11-12-26(20)23(27)28/h3-12,15,20H,13-14H2,1-2H3,(H,27,28). The second-order valence-corrected chi connectivity index (χ2v) is 7.72. The molecule has 29 heavy (non-hydrogen) atoms. The average Bonchev–Trinajstić information content (AvgIpc) is 3.15. The van der Waals surface area contributed by atoms with Gasteiger partial charge in [0.05, 0.1) is 6.04 Å². The van der Waals surface area contributed by atoms with Crippen LogP contribution in [0, 0.1) is 5.92 Å². The summed E-state index contributed by atoms with van der Waals surface area (Å²) in [6, 6.07) is 15.9. The van der Waals surface area contributed by atoms with Gasteiger partial charge in [-0.1, -0.05) is 55.4 Å². The number of nitrogens with zero attached hydrogens (tertiary/aromatic N) is 3. The van der Waals surface area contributed by atoms with Gasteiger partial charge in [-0.25, -0.2) is 4.79 Å². The first-order chi connectivity index (χ1) is 14.0. The predicted octanol–water partition coefficient (Wildman–Crippen LogP) is 5.02. The van der Waals surface area contributed by atoms with Crippen LogP contribution in [0.15, 0.2) is 65.3 Å². The third-order valence-corrected chi connectivity index (χ3v) is 4.97. The Morgan fingerprint density at radius 2 is 1.72 bits per heavy atom. The number of hydrogen-bond donors (Lipinski definition) is 1. The summed E-state index contributed by atoms with van der Waals surface area (Å²) in [6.45, 7) is 4.41. The second kappa shape index (κ2) is 7.91. The van der Waals surface area contributed by atoms with E-state index in [1.165, 1.54) is 10.5 Å². The molecule has 0 bridgehead atoms. The number of carbonyl (C=O) groups is 1. The first-order valence-corrected chi connectivity index (χ1v) is 9.71. The van der Waals surface area contributed by atoms with E-state index in [0.717, 1.165) is 23.1 Å². The molecule has 6 heteroatoms. The Kier molecular flexibility index (Phi) is 5.16. The Balaban J connectivity index is 1.44. The van der Waals surface area contributed by atoms with E-state index in [2.05, 4.69) is 36.1 Å². The molecule has 4 rings (SSSR count). The van der Waals surface area contributed by atoms with Crippen molar-refractivity contribution in [2.75, 3.05) is 0 Å². The van der Waals surface area contributed by atoms with Crippen LogP contribution < -0.4 is 0 Å². The molecular formula is C23H23N3O3. The van der Waals surface area contributed by atoms with Gasteiger partial charge in [-0.05, 0) is 48.1 Å². The monoisotopic (exact) mass is 389 g/mol. The van der Waals surface area contributed by atoms with Gasteiger partial charge in [0.25, 0.3) is 5.89 Å². The van der Waals surface area contributed by atoms with Crippen LogP contribution in [0.4, 0.5) is 4.79 Å². The molecule has 2 aromatic carbocycles. The normalized spacial score (nSPS) is 15.6. The molecule has 0 aliphatic carbocycles. The average molecular weight is 389 g/mol. The molecule has 1 aliphatic heterocycles. The Hall–Kier alpha value is -3.41. The molecule has 2 heterocycles. The van der Waals surface area contributed by atoms with Crippen molar-refractivity contribution in [2.45, 2.75) is 32.7 Å². The summed E-state index contributed by atoms with van der Waals surface area (Å²) >= 11 is 0. The summed E-state index contributed by atoms with van der Waals surface area (Å²) in [5.41, 5.74) is 4.11. The molecule has 1 amide bonds. The molecular weight excluding hydrogens is 366 g/mol. The third-order valence-electron chi connectivity index (χ3n) is 4.97. The van der Waals surface area contributed by atoms with Crippen molar-refractivity contribution in [1.29, 1.82) is 0 Å². The molecule has 1 N–H and O–H groups in total. The Morgan fingerprint density at radius 1 is 1.07 bits per heavy atom. The molecule has 0 saturated carbocycles. The maximum Gasteiger partial charge on any atom is 0.411 e. The summed E-state index contributed by atoms with van der Waals surface area (Å²) in [4.78, 5) is 16.9. The topological polar surface area (TPSA) is 79.5 Å². The number of aromatic nitrogens is 2. The van der Waals surface area contributed by atoms with Gasteiger partial charge in [0, 0.05) is 17.3 Å². The van der Waals surface area contributed by atoms with Crippen LogP contribution in [0.2, 0.25) is 0 Å². The van der Waals surface area contributed by atoms with Crippen LogP contribution in [0.1, 0.15) is 25.0 Å². The van der Waals surface area contributed by atoms with Gasteiger partial charge in [-0.15, -0.1) is 0 Å². The summed E-state index contributed by atoms with van der Waals surface area (Å²) in [5.74, 6) is 1.65. The van der Waals surface area contributed by atoms with E-state index in [4.69, 9.17) is 9.63 Å². The fourth-order valence-electron chi connectivity index (χ4n) is 3.41. The van der Waals surface area contributed by atoms with Crippen LogP contribution in [-0.2, 0) is 12.8 Å². The van der Waals surface area contributed by atoms with Crippen LogP contribution in [0.25, 0.3) is 22.8 Å². The quantitative estimate of drug-likeness (QED) is 0.640. The Bertz CT molecular complexity index is 1020. The number of benzene rings is 2. The summed E-state index contributed by atoms with van der Waals surface area (Å²) in [6.07, 6.45) is 4.23. The highest BCUT2D eigenvalue weighted by molar-refractivity contribution is 5.69. The first kappa shape index (κ1) is 18.9. The number of hydrogen-bond acceptors (Lipinski definition) is 4. The van der Waals surface area contributed by atoms with E-state index in [0.29, 0.717) is 24.1 Å². The van der Waals surface area contributed by atoms with Crippen molar-refractivity contribution in [1.82, 2.24) is 15.0 Å². The molecule has 0 spiro atoms. The highest BCUT2D eigenvalue weighted by atomic mass is 16.5. The SMILES string of the molecule is CC(C)Cc1ccc(-c2nc(-c3ccc(CC4C=CN4C(=O)O)cc3)no2)cc1. The maximum absolute atomic E-state index is 11.1. The van der Waals surface area contributed by atoms with E-state index in [1.54, 1.807) is 6.20 Å². The van der Waals surface area contributed by atoms with E-state index >= 15 is 0 Å². The zero-order chi connectivity index (χ0) is 20.4. The van der Waals surface area contributed by atoms with Crippen molar-refractivity contribution in [3.05, 3.63) is 71.9 Å². The van der Waals surface area contributed by atoms with Crippen molar-refractivity contribution in [3.8, 4) is 22.8 Å². The molecule has 148 valence electrons. The van der Waals surface area contributed by atoms with Gasteiger partial charge in [-0.2, -0.15) is 4.98 Å². The minimum atomic E-state index is -0.925. The number of carboxylic acid groups (broad SMARTS) is 1. The van der Waals surface area contributed by atoms with Crippen LogP contribution in [0.3, 0.4) is 0 Å². The van der Waals surface area contributed by atoms with Crippen molar-refractivity contribution < 1.29 is 14.4 Å². The van der Waals surface area contributed by atoms with E-state index in [1.807, 2.05) is 42.5 Å². The van der Waals surface area contributed by atoms with Gasteiger partial charge in [0.1, 0.15) is 0 Å².